The molecule has 0 saturated carbocycles. The molecule has 3 aromatic rings. The van der Waals surface area contributed by atoms with Gasteiger partial charge in [0.1, 0.15) is 11.5 Å². The number of imidazole rings is 1. The number of hydrogen-bond donors (Lipinski definition) is 2. The Morgan fingerprint density at radius 1 is 1.33 bits per heavy atom. The smallest absolute Gasteiger partial charge is 0.269 e. The van der Waals surface area contributed by atoms with E-state index >= 15 is 0 Å². The molecule has 0 aliphatic heterocycles. The van der Waals surface area contributed by atoms with E-state index in [2.05, 4.69) is 32.0 Å². The third-order valence-electron chi connectivity index (χ3n) is 3.94. The monoisotopic (exact) mass is 323 g/mol. The third kappa shape index (κ3) is 3.71. The summed E-state index contributed by atoms with van der Waals surface area (Å²) in [7, 11) is 0. The van der Waals surface area contributed by atoms with E-state index in [0.29, 0.717) is 18.2 Å². The van der Waals surface area contributed by atoms with Crippen molar-refractivity contribution in [3.8, 4) is 11.3 Å². The van der Waals surface area contributed by atoms with Crippen molar-refractivity contribution in [2.24, 2.45) is 5.92 Å². The molecule has 0 bridgehead atoms. The summed E-state index contributed by atoms with van der Waals surface area (Å²) >= 11 is 0. The standard InChI is InChI=1S/C18H21N5O/c1-13(12-23-9-8-19-14(23)2)11-20-18(24)17-10-16(21-22-17)15-6-4-3-5-7-15/h3-10,13H,11-12H2,1-2H3,(H,20,24)(H,21,22). The van der Waals surface area contributed by atoms with E-state index in [-0.39, 0.29) is 5.91 Å². The highest BCUT2D eigenvalue weighted by molar-refractivity contribution is 5.93. The Bertz CT molecular complexity index is 806. The molecule has 1 aromatic carbocycles. The van der Waals surface area contributed by atoms with E-state index in [0.717, 1.165) is 23.6 Å². The second-order valence-corrected chi connectivity index (χ2v) is 5.97. The predicted molar refractivity (Wildman–Crippen MR) is 92.5 cm³/mol. The molecule has 2 N–H and O–H groups in total. The van der Waals surface area contributed by atoms with Crippen LogP contribution in [0.1, 0.15) is 23.2 Å². The zero-order valence-corrected chi connectivity index (χ0v) is 13.9. The summed E-state index contributed by atoms with van der Waals surface area (Å²) in [4.78, 5) is 16.5. The average molecular weight is 323 g/mol. The van der Waals surface area contributed by atoms with Crippen molar-refractivity contribution < 1.29 is 4.79 Å². The maximum absolute atomic E-state index is 12.3. The number of aromatic nitrogens is 4. The van der Waals surface area contributed by atoms with Crippen molar-refractivity contribution in [1.29, 1.82) is 0 Å². The topological polar surface area (TPSA) is 75.6 Å². The van der Waals surface area contributed by atoms with Crippen LogP contribution in [0.3, 0.4) is 0 Å². The van der Waals surface area contributed by atoms with E-state index in [4.69, 9.17) is 0 Å². The highest BCUT2D eigenvalue weighted by Gasteiger charge is 2.12. The Morgan fingerprint density at radius 3 is 2.83 bits per heavy atom. The van der Waals surface area contributed by atoms with Gasteiger partial charge in [-0.2, -0.15) is 5.10 Å². The molecule has 0 saturated heterocycles. The molecule has 6 nitrogen and oxygen atoms in total. The number of H-pyrrole nitrogens is 1. The first-order chi connectivity index (χ1) is 11.6. The van der Waals surface area contributed by atoms with Gasteiger partial charge < -0.3 is 9.88 Å². The lowest BCUT2D eigenvalue weighted by Crippen LogP contribution is -2.30. The van der Waals surface area contributed by atoms with Gasteiger partial charge in [0.25, 0.3) is 5.91 Å². The highest BCUT2D eigenvalue weighted by atomic mass is 16.1. The number of nitrogens with one attached hydrogen (secondary N) is 2. The summed E-state index contributed by atoms with van der Waals surface area (Å²) < 4.78 is 2.08. The minimum absolute atomic E-state index is 0.140. The van der Waals surface area contributed by atoms with Gasteiger partial charge in [0.15, 0.2) is 0 Å². The van der Waals surface area contributed by atoms with Crippen LogP contribution >= 0.6 is 0 Å². The molecule has 0 fully saturated rings. The quantitative estimate of drug-likeness (QED) is 0.732. The molecule has 6 heteroatoms. The minimum atomic E-state index is -0.140. The first-order valence-corrected chi connectivity index (χ1v) is 8.00. The van der Waals surface area contributed by atoms with Gasteiger partial charge in [-0.05, 0) is 18.9 Å². The number of hydrogen-bond acceptors (Lipinski definition) is 3. The maximum Gasteiger partial charge on any atom is 0.269 e. The predicted octanol–water partition coefficient (Wildman–Crippen LogP) is 2.65. The Morgan fingerprint density at radius 2 is 2.12 bits per heavy atom. The van der Waals surface area contributed by atoms with Crippen LogP contribution in [-0.4, -0.2) is 32.2 Å². The molecule has 2 aromatic heterocycles. The van der Waals surface area contributed by atoms with Crippen LogP contribution in [0.5, 0.6) is 0 Å². The minimum Gasteiger partial charge on any atom is -0.350 e. The molecule has 2 heterocycles. The lowest BCUT2D eigenvalue weighted by molar-refractivity contribution is 0.0942. The average Bonchev–Trinajstić information content (AvgIpc) is 3.23. The molecule has 1 unspecified atom stereocenters. The zero-order chi connectivity index (χ0) is 16.9. The van der Waals surface area contributed by atoms with Gasteiger partial charge in [-0.1, -0.05) is 37.3 Å². The van der Waals surface area contributed by atoms with Crippen molar-refractivity contribution in [2.45, 2.75) is 20.4 Å². The fraction of sp³-hybridized carbons (Fsp3) is 0.278. The lowest BCUT2D eigenvalue weighted by atomic mass is 10.1. The van der Waals surface area contributed by atoms with Gasteiger partial charge in [-0.15, -0.1) is 0 Å². The van der Waals surface area contributed by atoms with Crippen LogP contribution in [0.2, 0.25) is 0 Å². The number of carbonyl (C=O) groups is 1. The summed E-state index contributed by atoms with van der Waals surface area (Å²) in [6.45, 7) is 5.49. The maximum atomic E-state index is 12.3. The van der Waals surface area contributed by atoms with Crippen molar-refractivity contribution in [3.05, 3.63) is 60.3 Å². The molecule has 24 heavy (non-hydrogen) atoms. The first kappa shape index (κ1) is 16.0. The van der Waals surface area contributed by atoms with E-state index in [1.54, 1.807) is 12.3 Å². The first-order valence-electron chi connectivity index (χ1n) is 8.00. The summed E-state index contributed by atoms with van der Waals surface area (Å²) in [5, 5.41) is 9.97. The van der Waals surface area contributed by atoms with Crippen molar-refractivity contribution in [3.63, 3.8) is 0 Å². The number of aryl methyl sites for hydroxylation is 1. The zero-order valence-electron chi connectivity index (χ0n) is 13.9. The molecule has 0 aliphatic rings. The van der Waals surface area contributed by atoms with Gasteiger partial charge in [0.05, 0.1) is 5.69 Å². The van der Waals surface area contributed by atoms with Crippen LogP contribution in [0.15, 0.2) is 48.8 Å². The molecule has 1 amide bonds. The van der Waals surface area contributed by atoms with Crippen LogP contribution in [0, 0.1) is 12.8 Å². The number of amides is 1. The molecule has 1 atom stereocenters. The Labute approximate surface area is 140 Å². The van der Waals surface area contributed by atoms with Gasteiger partial charge in [0.2, 0.25) is 0 Å². The normalized spacial score (nSPS) is 12.1. The number of benzene rings is 1. The molecule has 0 spiro atoms. The molecule has 0 radical (unpaired) electrons. The summed E-state index contributed by atoms with van der Waals surface area (Å²) in [6.07, 6.45) is 3.74. The lowest BCUT2D eigenvalue weighted by Gasteiger charge is -2.14. The Balaban J connectivity index is 1.56. The molecular formula is C18H21N5O. The van der Waals surface area contributed by atoms with Crippen molar-refractivity contribution >= 4 is 5.91 Å². The molecular weight excluding hydrogens is 302 g/mol. The fourth-order valence-corrected chi connectivity index (χ4v) is 2.55. The van der Waals surface area contributed by atoms with E-state index < -0.39 is 0 Å². The summed E-state index contributed by atoms with van der Waals surface area (Å²) in [6, 6.07) is 11.6. The number of carbonyl (C=O) groups excluding carboxylic acids is 1. The van der Waals surface area contributed by atoms with Crippen molar-refractivity contribution in [2.75, 3.05) is 6.54 Å². The fourth-order valence-electron chi connectivity index (χ4n) is 2.55. The summed E-state index contributed by atoms with van der Waals surface area (Å²) in [5.41, 5.74) is 2.22. The van der Waals surface area contributed by atoms with Crippen LogP contribution in [0.4, 0.5) is 0 Å². The SMILES string of the molecule is Cc1nccn1CC(C)CNC(=O)c1cc(-c2ccccc2)n[nH]1. The molecule has 124 valence electrons. The second kappa shape index (κ2) is 7.12. The third-order valence-corrected chi connectivity index (χ3v) is 3.94. The van der Waals surface area contributed by atoms with Crippen LogP contribution < -0.4 is 5.32 Å². The van der Waals surface area contributed by atoms with Gasteiger partial charge >= 0.3 is 0 Å². The Kier molecular flexibility index (Phi) is 4.74. The van der Waals surface area contributed by atoms with Crippen molar-refractivity contribution in [1.82, 2.24) is 25.1 Å². The van der Waals surface area contributed by atoms with Gasteiger partial charge in [0, 0.05) is 31.0 Å². The molecule has 3 rings (SSSR count). The number of nitrogens with zero attached hydrogens (tertiary/aromatic N) is 3. The van der Waals surface area contributed by atoms with Crippen LogP contribution in [0.25, 0.3) is 11.3 Å². The van der Waals surface area contributed by atoms with E-state index in [1.165, 1.54) is 0 Å². The number of rotatable bonds is 6. The van der Waals surface area contributed by atoms with Crippen LogP contribution in [-0.2, 0) is 6.54 Å². The largest absolute Gasteiger partial charge is 0.350 e. The van der Waals surface area contributed by atoms with E-state index in [9.17, 15) is 4.79 Å². The van der Waals surface area contributed by atoms with E-state index in [1.807, 2.05) is 43.5 Å². The Hall–Kier alpha value is -2.89. The van der Waals surface area contributed by atoms with Gasteiger partial charge in [-0.3, -0.25) is 9.89 Å². The molecule has 0 aliphatic carbocycles. The van der Waals surface area contributed by atoms with Gasteiger partial charge in [-0.25, -0.2) is 4.98 Å². The second-order valence-electron chi connectivity index (χ2n) is 5.97. The highest BCUT2D eigenvalue weighted by Crippen LogP contribution is 2.16. The summed E-state index contributed by atoms with van der Waals surface area (Å²) in [5.74, 6) is 1.14. The number of aromatic amines is 1.